The zero-order valence-corrected chi connectivity index (χ0v) is 14.4. The normalized spacial score (nSPS) is 20.3. The fraction of sp³-hybridized carbons (Fsp3) is 0.667. The number of likely N-dealkylation sites (N-methyl/N-ethyl adjacent to an activating group) is 1. The fourth-order valence-electron chi connectivity index (χ4n) is 2.67. The number of nitrogens with one attached hydrogen (secondary N) is 1. The molecule has 0 radical (unpaired) electrons. The summed E-state index contributed by atoms with van der Waals surface area (Å²) in [5.41, 5.74) is 0.975. The van der Waals surface area contributed by atoms with Gasteiger partial charge in [-0.1, -0.05) is 6.07 Å². The van der Waals surface area contributed by atoms with Gasteiger partial charge in [0.2, 0.25) is 10.0 Å². The van der Waals surface area contributed by atoms with E-state index in [9.17, 15) is 8.42 Å². The molecule has 22 heavy (non-hydrogen) atoms. The molecule has 1 aliphatic heterocycles. The number of nitrogens with zero attached hydrogens (tertiary/aromatic N) is 3. The molecule has 6 nitrogen and oxygen atoms in total. The van der Waals surface area contributed by atoms with Crippen LogP contribution >= 0.6 is 0 Å². The highest BCUT2D eigenvalue weighted by molar-refractivity contribution is 7.88. The monoisotopic (exact) mass is 326 g/mol. The molecular formula is C15H26N4O2S. The Kier molecular flexibility index (Phi) is 5.77. The van der Waals surface area contributed by atoms with Crippen LogP contribution in [0.25, 0.3) is 0 Å². The lowest BCUT2D eigenvalue weighted by molar-refractivity contribution is 0.314. The van der Waals surface area contributed by atoms with Crippen LogP contribution in [0.15, 0.2) is 18.2 Å². The molecular weight excluding hydrogens is 300 g/mol. The average molecular weight is 326 g/mol. The zero-order valence-electron chi connectivity index (χ0n) is 13.6. The minimum atomic E-state index is -3.12. The second-order valence-electron chi connectivity index (χ2n) is 6.14. The predicted octanol–water partition coefficient (Wildman–Crippen LogP) is 1.19. The van der Waals surface area contributed by atoms with E-state index in [-0.39, 0.29) is 5.92 Å². The van der Waals surface area contributed by atoms with Crippen molar-refractivity contribution >= 4 is 15.8 Å². The number of hydrogen-bond donors (Lipinski definition) is 1. The zero-order chi connectivity index (χ0) is 16.2. The first-order valence-corrected chi connectivity index (χ1v) is 9.52. The highest BCUT2D eigenvalue weighted by Gasteiger charge is 2.27. The third kappa shape index (κ3) is 4.93. The van der Waals surface area contributed by atoms with E-state index in [1.54, 1.807) is 4.31 Å². The van der Waals surface area contributed by atoms with Gasteiger partial charge in [-0.15, -0.1) is 0 Å². The first-order valence-electron chi connectivity index (χ1n) is 7.67. The smallest absolute Gasteiger partial charge is 0.211 e. The van der Waals surface area contributed by atoms with Gasteiger partial charge >= 0.3 is 0 Å². The lowest BCUT2D eigenvalue weighted by Crippen LogP contribution is -2.38. The van der Waals surface area contributed by atoms with E-state index in [1.807, 2.05) is 32.3 Å². The van der Waals surface area contributed by atoms with E-state index < -0.39 is 10.0 Å². The topological polar surface area (TPSA) is 65.5 Å². The summed E-state index contributed by atoms with van der Waals surface area (Å²) >= 11 is 0. The van der Waals surface area contributed by atoms with Crippen LogP contribution in [-0.4, -0.2) is 69.1 Å². The molecule has 0 bridgehead atoms. The maximum atomic E-state index is 11.7. The Bertz CT molecular complexity index is 589. The number of pyridine rings is 1. The van der Waals surface area contributed by atoms with Crippen LogP contribution in [0.2, 0.25) is 0 Å². The molecule has 0 aliphatic carbocycles. The van der Waals surface area contributed by atoms with E-state index in [0.717, 1.165) is 37.4 Å². The maximum absolute atomic E-state index is 11.7. The lowest BCUT2D eigenvalue weighted by atomic mass is 9.95. The summed E-state index contributed by atoms with van der Waals surface area (Å²) < 4.78 is 25.0. The first kappa shape index (κ1) is 17.2. The minimum Gasteiger partial charge on any atom is -0.369 e. The van der Waals surface area contributed by atoms with Crippen molar-refractivity contribution in [3.8, 4) is 0 Å². The number of anilines is 1. The molecule has 1 saturated heterocycles. The third-order valence-corrected chi connectivity index (χ3v) is 5.18. The van der Waals surface area contributed by atoms with E-state index >= 15 is 0 Å². The van der Waals surface area contributed by atoms with Gasteiger partial charge in [-0.25, -0.2) is 17.7 Å². The second-order valence-corrected chi connectivity index (χ2v) is 8.12. The Hall–Kier alpha value is -1.18. The van der Waals surface area contributed by atoms with Crippen LogP contribution in [0.3, 0.4) is 0 Å². The highest BCUT2D eigenvalue weighted by Crippen LogP contribution is 2.27. The molecule has 7 heteroatoms. The van der Waals surface area contributed by atoms with Gasteiger partial charge in [0.25, 0.3) is 0 Å². The summed E-state index contributed by atoms with van der Waals surface area (Å²) in [7, 11) is 0.954. The number of rotatable bonds is 6. The Labute approximate surface area is 133 Å². The third-order valence-electron chi connectivity index (χ3n) is 3.91. The van der Waals surface area contributed by atoms with Crippen molar-refractivity contribution in [3.05, 3.63) is 23.9 Å². The van der Waals surface area contributed by atoms with Crippen molar-refractivity contribution in [3.63, 3.8) is 0 Å². The Morgan fingerprint density at radius 2 is 2.18 bits per heavy atom. The van der Waals surface area contributed by atoms with Crippen LogP contribution in [0.4, 0.5) is 5.82 Å². The number of aromatic nitrogens is 1. The quantitative estimate of drug-likeness (QED) is 0.851. The van der Waals surface area contributed by atoms with Crippen molar-refractivity contribution < 1.29 is 8.42 Å². The summed E-state index contributed by atoms with van der Waals surface area (Å²) in [5.74, 6) is 1.04. The molecule has 1 unspecified atom stereocenters. The van der Waals surface area contributed by atoms with Gasteiger partial charge in [0.1, 0.15) is 5.82 Å². The summed E-state index contributed by atoms with van der Waals surface area (Å²) in [4.78, 5) is 6.77. The lowest BCUT2D eigenvalue weighted by Gasteiger charge is -2.30. The van der Waals surface area contributed by atoms with Crippen LogP contribution in [-0.2, 0) is 10.0 Å². The minimum absolute atomic E-state index is 0.180. The van der Waals surface area contributed by atoms with Crippen molar-refractivity contribution in [2.45, 2.75) is 18.8 Å². The maximum Gasteiger partial charge on any atom is 0.211 e. The van der Waals surface area contributed by atoms with Crippen molar-refractivity contribution in [1.29, 1.82) is 0 Å². The average Bonchev–Trinajstić information content (AvgIpc) is 2.46. The molecule has 0 aromatic carbocycles. The number of sulfonamides is 1. The van der Waals surface area contributed by atoms with Crippen molar-refractivity contribution in [2.75, 3.05) is 51.8 Å². The largest absolute Gasteiger partial charge is 0.369 e. The second kappa shape index (κ2) is 7.39. The van der Waals surface area contributed by atoms with Crippen LogP contribution < -0.4 is 5.32 Å². The molecule has 124 valence electrons. The van der Waals surface area contributed by atoms with Gasteiger partial charge in [0.15, 0.2) is 0 Å². The number of piperidine rings is 1. The van der Waals surface area contributed by atoms with Gasteiger partial charge in [-0.05, 0) is 39.1 Å². The molecule has 1 aliphatic rings. The number of hydrogen-bond acceptors (Lipinski definition) is 5. The van der Waals surface area contributed by atoms with Gasteiger partial charge in [0, 0.05) is 37.8 Å². The van der Waals surface area contributed by atoms with E-state index in [4.69, 9.17) is 0 Å². The molecule has 0 spiro atoms. The SMILES string of the molecule is CN(C)CCNc1cccc(C2CCCN(S(C)(=O)=O)C2)n1. The summed E-state index contributed by atoms with van der Waals surface area (Å²) in [6, 6.07) is 5.93. The Balaban J connectivity index is 2.02. The van der Waals surface area contributed by atoms with Gasteiger partial charge < -0.3 is 10.2 Å². The van der Waals surface area contributed by atoms with E-state index in [2.05, 4.69) is 15.2 Å². The standard InChI is InChI=1S/C15H26N4O2S/c1-18(2)11-9-16-15-8-4-7-14(17-15)13-6-5-10-19(12-13)22(3,20)21/h4,7-8,13H,5-6,9-12H2,1-3H3,(H,16,17). The van der Waals surface area contributed by atoms with E-state index in [0.29, 0.717) is 13.1 Å². The molecule has 1 fully saturated rings. The molecule has 0 saturated carbocycles. The summed E-state index contributed by atoms with van der Waals surface area (Å²) in [5, 5.41) is 3.31. The molecule has 1 aromatic heterocycles. The summed E-state index contributed by atoms with van der Waals surface area (Å²) in [6.45, 7) is 2.93. The Morgan fingerprint density at radius 1 is 1.41 bits per heavy atom. The molecule has 1 aromatic rings. The highest BCUT2D eigenvalue weighted by atomic mass is 32.2. The first-order chi connectivity index (χ1) is 10.4. The molecule has 2 rings (SSSR count). The molecule has 1 N–H and O–H groups in total. The van der Waals surface area contributed by atoms with Gasteiger partial charge in [-0.2, -0.15) is 0 Å². The molecule has 0 amide bonds. The summed E-state index contributed by atoms with van der Waals surface area (Å²) in [6.07, 6.45) is 3.15. The Morgan fingerprint density at radius 3 is 2.86 bits per heavy atom. The van der Waals surface area contributed by atoms with Gasteiger partial charge in [-0.3, -0.25) is 0 Å². The molecule has 2 heterocycles. The van der Waals surface area contributed by atoms with Gasteiger partial charge in [0.05, 0.1) is 6.26 Å². The van der Waals surface area contributed by atoms with Crippen LogP contribution in [0, 0.1) is 0 Å². The van der Waals surface area contributed by atoms with Crippen LogP contribution in [0.5, 0.6) is 0 Å². The molecule has 1 atom stereocenters. The fourth-order valence-corrected chi connectivity index (χ4v) is 3.58. The van der Waals surface area contributed by atoms with Crippen molar-refractivity contribution in [2.24, 2.45) is 0 Å². The van der Waals surface area contributed by atoms with E-state index in [1.165, 1.54) is 6.26 Å². The predicted molar refractivity (Wildman–Crippen MR) is 89.7 cm³/mol. The van der Waals surface area contributed by atoms with Crippen molar-refractivity contribution in [1.82, 2.24) is 14.2 Å². The van der Waals surface area contributed by atoms with Crippen LogP contribution in [0.1, 0.15) is 24.5 Å².